The number of hydrogen-bond acceptors (Lipinski definition) is 3. The minimum atomic E-state index is 0.253. The number of rotatable bonds is 3. The van der Waals surface area contributed by atoms with Gasteiger partial charge in [-0.2, -0.15) is 5.26 Å². The van der Waals surface area contributed by atoms with Gasteiger partial charge in [0, 0.05) is 13.6 Å². The van der Waals surface area contributed by atoms with Crippen LogP contribution >= 0.6 is 11.6 Å². The molecule has 0 radical (unpaired) electrons. The lowest BCUT2D eigenvalue weighted by atomic mass is 10.3. The van der Waals surface area contributed by atoms with Crippen molar-refractivity contribution in [2.75, 3.05) is 18.5 Å². The highest BCUT2D eigenvalue weighted by molar-refractivity contribution is 6.31. The summed E-state index contributed by atoms with van der Waals surface area (Å²) in [7, 11) is 1.89. The molecular weight excluding hydrogens is 210 g/mol. The normalized spacial score (nSPS) is 9.47. The summed E-state index contributed by atoms with van der Waals surface area (Å²) in [5, 5.41) is 9.15. The lowest BCUT2D eigenvalue weighted by Crippen LogP contribution is -2.20. The zero-order valence-corrected chi connectivity index (χ0v) is 9.54. The summed E-state index contributed by atoms with van der Waals surface area (Å²) in [6.45, 7) is 6.47. The van der Waals surface area contributed by atoms with Crippen molar-refractivity contribution in [3.63, 3.8) is 0 Å². The fourth-order valence-corrected chi connectivity index (χ4v) is 1.36. The first kappa shape index (κ1) is 11.5. The van der Waals surface area contributed by atoms with Crippen LogP contribution < -0.4 is 4.90 Å². The van der Waals surface area contributed by atoms with Gasteiger partial charge < -0.3 is 4.90 Å². The summed E-state index contributed by atoms with van der Waals surface area (Å²) in [6.07, 6.45) is 0. The van der Waals surface area contributed by atoms with Gasteiger partial charge in [0.15, 0.2) is 5.69 Å². The Hall–Kier alpha value is -1.53. The van der Waals surface area contributed by atoms with E-state index >= 15 is 0 Å². The third kappa shape index (κ3) is 2.97. The monoisotopic (exact) mass is 221 g/mol. The van der Waals surface area contributed by atoms with Crippen molar-refractivity contribution in [3.05, 3.63) is 35.0 Å². The number of hydrogen-bond donors (Lipinski definition) is 0. The lowest BCUT2D eigenvalue weighted by Gasteiger charge is -2.18. The van der Waals surface area contributed by atoms with Gasteiger partial charge in [0.25, 0.3) is 0 Å². The number of aromatic nitrogens is 1. The Morgan fingerprint density at radius 1 is 1.67 bits per heavy atom. The van der Waals surface area contributed by atoms with Crippen molar-refractivity contribution < 1.29 is 0 Å². The number of anilines is 1. The maximum absolute atomic E-state index is 8.77. The van der Waals surface area contributed by atoms with Crippen LogP contribution in [0.15, 0.2) is 24.3 Å². The van der Waals surface area contributed by atoms with Gasteiger partial charge in [-0.25, -0.2) is 4.98 Å². The molecule has 0 saturated heterocycles. The van der Waals surface area contributed by atoms with E-state index in [1.807, 2.05) is 24.9 Å². The Morgan fingerprint density at radius 2 is 2.33 bits per heavy atom. The topological polar surface area (TPSA) is 39.9 Å². The molecule has 1 aromatic heterocycles. The summed E-state index contributed by atoms with van der Waals surface area (Å²) in [5.74, 6) is 0.721. The second-order valence-corrected chi connectivity index (χ2v) is 3.83. The van der Waals surface area contributed by atoms with Crippen molar-refractivity contribution in [1.29, 1.82) is 5.26 Å². The van der Waals surface area contributed by atoms with Gasteiger partial charge in [-0.3, -0.25) is 0 Å². The minimum absolute atomic E-state index is 0.253. The van der Waals surface area contributed by atoms with Crippen molar-refractivity contribution in [2.45, 2.75) is 6.92 Å². The maximum atomic E-state index is 8.77. The van der Waals surface area contributed by atoms with Crippen molar-refractivity contribution in [3.8, 4) is 6.07 Å². The molecule has 0 aliphatic rings. The molecule has 0 unspecified atom stereocenters. The standard InChI is InChI=1S/C11H12ClN3/c1-8(2)7-15(3)11-5-4-9(12)10(6-13)14-11/h4-5H,1,7H2,2-3H3. The zero-order chi connectivity index (χ0) is 11.4. The van der Waals surface area contributed by atoms with Gasteiger partial charge in [-0.1, -0.05) is 23.8 Å². The molecular formula is C11H12ClN3. The van der Waals surface area contributed by atoms with E-state index in [2.05, 4.69) is 11.6 Å². The Labute approximate surface area is 94.6 Å². The number of likely N-dealkylation sites (N-methyl/N-ethyl adjacent to an activating group) is 1. The van der Waals surface area contributed by atoms with E-state index in [0.29, 0.717) is 11.6 Å². The Balaban J connectivity index is 2.96. The molecule has 0 bridgehead atoms. The van der Waals surface area contributed by atoms with Crippen LogP contribution in [0.3, 0.4) is 0 Å². The van der Waals surface area contributed by atoms with Gasteiger partial charge in [0.1, 0.15) is 11.9 Å². The summed E-state index contributed by atoms with van der Waals surface area (Å²) < 4.78 is 0. The van der Waals surface area contributed by atoms with Gasteiger partial charge in [0.05, 0.1) is 5.02 Å². The third-order valence-electron chi connectivity index (χ3n) is 1.84. The first-order chi connectivity index (χ1) is 7.04. The van der Waals surface area contributed by atoms with E-state index in [1.54, 1.807) is 12.1 Å². The zero-order valence-electron chi connectivity index (χ0n) is 8.79. The summed E-state index contributed by atoms with van der Waals surface area (Å²) in [5.41, 5.74) is 1.29. The molecule has 4 heteroatoms. The van der Waals surface area contributed by atoms with Crippen LogP contribution in [-0.2, 0) is 0 Å². The molecule has 0 aromatic carbocycles. The highest BCUT2D eigenvalue weighted by Crippen LogP contribution is 2.18. The van der Waals surface area contributed by atoms with Crippen LogP contribution in [0.25, 0.3) is 0 Å². The lowest BCUT2D eigenvalue weighted by molar-refractivity contribution is 0.951. The molecule has 0 aliphatic carbocycles. The Kier molecular flexibility index (Phi) is 3.70. The SMILES string of the molecule is C=C(C)CN(C)c1ccc(Cl)c(C#N)n1. The average Bonchev–Trinajstić information content (AvgIpc) is 2.17. The summed E-state index contributed by atoms with van der Waals surface area (Å²) >= 11 is 5.79. The van der Waals surface area contributed by atoms with E-state index in [9.17, 15) is 0 Å². The third-order valence-corrected chi connectivity index (χ3v) is 2.14. The number of pyridine rings is 1. The maximum Gasteiger partial charge on any atom is 0.161 e. The Morgan fingerprint density at radius 3 is 2.87 bits per heavy atom. The van der Waals surface area contributed by atoms with Crippen LogP contribution in [0.5, 0.6) is 0 Å². The van der Waals surface area contributed by atoms with Crippen molar-refractivity contribution in [2.24, 2.45) is 0 Å². The fraction of sp³-hybridized carbons (Fsp3) is 0.273. The van der Waals surface area contributed by atoms with Gasteiger partial charge >= 0.3 is 0 Å². The van der Waals surface area contributed by atoms with Crippen molar-refractivity contribution in [1.82, 2.24) is 4.98 Å². The number of nitriles is 1. The van der Waals surface area contributed by atoms with Crippen LogP contribution in [0.2, 0.25) is 5.02 Å². The van der Waals surface area contributed by atoms with Crippen LogP contribution in [0.1, 0.15) is 12.6 Å². The molecule has 0 fully saturated rings. The molecule has 78 valence electrons. The largest absolute Gasteiger partial charge is 0.356 e. The van der Waals surface area contributed by atoms with Crippen molar-refractivity contribution >= 4 is 17.4 Å². The predicted octanol–water partition coefficient (Wildman–Crippen LogP) is 2.62. The van der Waals surface area contributed by atoms with E-state index in [-0.39, 0.29) is 5.69 Å². The van der Waals surface area contributed by atoms with E-state index in [1.165, 1.54) is 0 Å². The Bertz CT molecular complexity index is 420. The molecule has 0 N–H and O–H groups in total. The summed E-state index contributed by atoms with van der Waals surface area (Å²) in [6, 6.07) is 5.41. The van der Waals surface area contributed by atoms with Crippen LogP contribution in [-0.4, -0.2) is 18.6 Å². The highest BCUT2D eigenvalue weighted by Gasteiger charge is 2.06. The quantitative estimate of drug-likeness (QED) is 0.737. The fourth-order valence-electron chi connectivity index (χ4n) is 1.21. The van der Waals surface area contributed by atoms with E-state index < -0.39 is 0 Å². The smallest absolute Gasteiger partial charge is 0.161 e. The van der Waals surface area contributed by atoms with Gasteiger partial charge in [-0.05, 0) is 19.1 Å². The van der Waals surface area contributed by atoms with Crippen LogP contribution in [0.4, 0.5) is 5.82 Å². The van der Waals surface area contributed by atoms with E-state index in [4.69, 9.17) is 16.9 Å². The van der Waals surface area contributed by atoms with Crippen LogP contribution in [0, 0.1) is 11.3 Å². The molecule has 0 saturated carbocycles. The summed E-state index contributed by atoms with van der Waals surface area (Å²) in [4.78, 5) is 6.05. The predicted molar refractivity (Wildman–Crippen MR) is 62.0 cm³/mol. The second kappa shape index (κ2) is 4.81. The minimum Gasteiger partial charge on any atom is -0.356 e. The molecule has 0 atom stereocenters. The van der Waals surface area contributed by atoms with E-state index in [0.717, 1.165) is 11.4 Å². The first-order valence-corrected chi connectivity index (χ1v) is 4.84. The molecule has 1 aromatic rings. The average molecular weight is 222 g/mol. The highest BCUT2D eigenvalue weighted by atomic mass is 35.5. The first-order valence-electron chi connectivity index (χ1n) is 4.46. The number of halogens is 1. The molecule has 1 heterocycles. The number of nitrogens with zero attached hydrogens (tertiary/aromatic N) is 3. The molecule has 0 aliphatic heterocycles. The molecule has 15 heavy (non-hydrogen) atoms. The molecule has 0 spiro atoms. The van der Waals surface area contributed by atoms with Gasteiger partial charge in [-0.15, -0.1) is 0 Å². The second-order valence-electron chi connectivity index (χ2n) is 3.42. The molecule has 3 nitrogen and oxygen atoms in total. The molecule has 0 amide bonds. The molecule has 1 rings (SSSR count). The van der Waals surface area contributed by atoms with Gasteiger partial charge in [0.2, 0.25) is 0 Å².